The topological polar surface area (TPSA) is 108 Å². The highest BCUT2D eigenvalue weighted by Gasteiger charge is 2.65. The summed E-state index contributed by atoms with van der Waals surface area (Å²) in [4.78, 5) is 58.0. The molecule has 1 aliphatic heterocycles. The van der Waals surface area contributed by atoms with Gasteiger partial charge in [0.15, 0.2) is 5.78 Å². The number of fused-ring (bicyclic) bond motifs is 1. The molecule has 1 aromatic heterocycles. The fraction of sp³-hybridized carbons (Fsp3) is 0.519. The van der Waals surface area contributed by atoms with E-state index in [0.717, 1.165) is 23.7 Å². The molecule has 0 radical (unpaired) electrons. The number of benzene rings is 1. The molecule has 2 aliphatic carbocycles. The van der Waals surface area contributed by atoms with Crippen LogP contribution in [-0.4, -0.2) is 57.6 Å². The number of amides is 3. The fourth-order valence-electron chi connectivity index (χ4n) is 5.19. The number of aromatic nitrogens is 1. The van der Waals surface area contributed by atoms with Crippen LogP contribution in [0.5, 0.6) is 0 Å². The molecule has 8 nitrogen and oxygen atoms in total. The van der Waals surface area contributed by atoms with Crippen molar-refractivity contribution in [1.29, 1.82) is 0 Å². The second-order valence-electron chi connectivity index (χ2n) is 11.3. The Hall–Kier alpha value is -3.29. The Kier molecular flexibility index (Phi) is 5.65. The van der Waals surface area contributed by atoms with E-state index in [-0.39, 0.29) is 42.5 Å². The highest BCUT2D eigenvalue weighted by molar-refractivity contribution is 6.10. The third-order valence-corrected chi connectivity index (χ3v) is 7.43. The molecule has 8 heteroatoms. The number of carbonyl (C=O) groups is 4. The fourth-order valence-corrected chi connectivity index (χ4v) is 5.19. The number of ketones is 1. The van der Waals surface area contributed by atoms with E-state index in [4.69, 9.17) is 0 Å². The summed E-state index contributed by atoms with van der Waals surface area (Å²) in [5.41, 5.74) is -0.157. The molecule has 2 N–H and O–H groups in total. The van der Waals surface area contributed by atoms with Crippen LogP contribution in [-0.2, 0) is 14.4 Å². The Bertz CT molecular complexity index is 1210. The lowest BCUT2D eigenvalue weighted by Gasteiger charge is -2.35. The van der Waals surface area contributed by atoms with Gasteiger partial charge in [-0.15, -0.1) is 0 Å². The van der Waals surface area contributed by atoms with E-state index < -0.39 is 17.0 Å². The van der Waals surface area contributed by atoms with Gasteiger partial charge >= 0.3 is 0 Å². The maximum absolute atomic E-state index is 13.7. The summed E-state index contributed by atoms with van der Waals surface area (Å²) < 4.78 is 0. The summed E-state index contributed by atoms with van der Waals surface area (Å²) in [6.07, 6.45) is 4.82. The molecule has 1 saturated heterocycles. The second kappa shape index (κ2) is 8.43. The molecule has 5 rings (SSSR count). The Balaban J connectivity index is 1.33. The predicted octanol–water partition coefficient (Wildman–Crippen LogP) is 2.61. The molecule has 184 valence electrons. The minimum absolute atomic E-state index is 0.00826. The number of Topliss-reactive ketones (excluding diaryl/α,β-unsaturated/α-hetero) is 1. The second-order valence-corrected chi connectivity index (χ2v) is 11.3. The van der Waals surface area contributed by atoms with Gasteiger partial charge in [-0.2, -0.15) is 0 Å². The first-order chi connectivity index (χ1) is 16.6. The lowest BCUT2D eigenvalue weighted by molar-refractivity contribution is -0.142. The van der Waals surface area contributed by atoms with Gasteiger partial charge in [-0.25, -0.2) is 0 Å². The van der Waals surface area contributed by atoms with Gasteiger partial charge in [-0.3, -0.25) is 24.2 Å². The van der Waals surface area contributed by atoms with Crippen LogP contribution in [0.25, 0.3) is 10.9 Å². The summed E-state index contributed by atoms with van der Waals surface area (Å²) in [5.74, 6) is -0.202. The van der Waals surface area contributed by atoms with E-state index in [1.807, 2.05) is 45.0 Å². The average molecular weight is 477 g/mol. The van der Waals surface area contributed by atoms with E-state index in [9.17, 15) is 19.2 Å². The van der Waals surface area contributed by atoms with E-state index in [0.29, 0.717) is 24.3 Å². The van der Waals surface area contributed by atoms with Gasteiger partial charge in [0.05, 0.1) is 11.1 Å². The zero-order valence-corrected chi connectivity index (χ0v) is 20.5. The number of hydrogen-bond donors (Lipinski definition) is 2. The number of rotatable bonds is 6. The Morgan fingerprint density at radius 1 is 1.17 bits per heavy atom. The molecule has 0 bridgehead atoms. The first-order valence-corrected chi connectivity index (χ1v) is 12.4. The van der Waals surface area contributed by atoms with E-state index in [1.165, 1.54) is 0 Å². The zero-order valence-electron chi connectivity index (χ0n) is 20.5. The zero-order chi connectivity index (χ0) is 25.0. The average Bonchev–Trinajstić information content (AvgIpc) is 3.70. The predicted molar refractivity (Wildman–Crippen MR) is 130 cm³/mol. The number of pyridine rings is 1. The van der Waals surface area contributed by atoms with Crippen molar-refractivity contribution in [2.45, 2.75) is 70.5 Å². The third kappa shape index (κ3) is 4.54. The maximum atomic E-state index is 13.7. The highest BCUT2D eigenvalue weighted by Crippen LogP contribution is 2.47. The first kappa shape index (κ1) is 23.5. The van der Waals surface area contributed by atoms with Crippen molar-refractivity contribution in [3.05, 3.63) is 42.1 Å². The van der Waals surface area contributed by atoms with Crippen molar-refractivity contribution < 1.29 is 19.2 Å². The van der Waals surface area contributed by atoms with Gasteiger partial charge in [0.2, 0.25) is 11.8 Å². The summed E-state index contributed by atoms with van der Waals surface area (Å²) in [7, 11) is 0. The normalized spacial score (nSPS) is 24.5. The Morgan fingerprint density at radius 2 is 1.89 bits per heavy atom. The van der Waals surface area contributed by atoms with E-state index in [2.05, 4.69) is 15.6 Å². The quantitative estimate of drug-likeness (QED) is 0.666. The van der Waals surface area contributed by atoms with Gasteiger partial charge in [0.25, 0.3) is 5.91 Å². The van der Waals surface area contributed by atoms with Crippen LogP contribution in [0.4, 0.5) is 0 Å². The summed E-state index contributed by atoms with van der Waals surface area (Å²) >= 11 is 0. The summed E-state index contributed by atoms with van der Waals surface area (Å²) in [5, 5.41) is 6.74. The molecule has 1 spiro atoms. The summed E-state index contributed by atoms with van der Waals surface area (Å²) in [6, 6.07) is 8.02. The Labute approximate surface area is 204 Å². The SMILES string of the molecule is CC(C)(C)[C@H](NC(=O)CC1CC1)C(=O)N1C[C@H](NC(=O)c2ccnc3ccccc23)CC12CC2=O. The van der Waals surface area contributed by atoms with Crippen molar-refractivity contribution in [1.82, 2.24) is 20.5 Å². The number of nitrogens with one attached hydrogen (secondary N) is 2. The Morgan fingerprint density at radius 3 is 2.54 bits per heavy atom. The highest BCUT2D eigenvalue weighted by atomic mass is 16.2. The molecule has 2 aromatic rings. The number of para-hydroxylation sites is 1. The molecule has 1 unspecified atom stereocenters. The van der Waals surface area contributed by atoms with Gasteiger partial charge < -0.3 is 15.5 Å². The molecule has 3 atom stereocenters. The summed E-state index contributed by atoms with van der Waals surface area (Å²) in [6.45, 7) is 5.99. The minimum Gasteiger partial charge on any atom is -0.347 e. The molecule has 1 aromatic carbocycles. The van der Waals surface area contributed by atoms with Crippen LogP contribution >= 0.6 is 0 Å². The molecule has 3 amide bonds. The lowest BCUT2D eigenvalue weighted by Crippen LogP contribution is -2.57. The van der Waals surface area contributed by atoms with Crippen molar-refractivity contribution in [2.75, 3.05) is 6.54 Å². The van der Waals surface area contributed by atoms with Crippen LogP contribution < -0.4 is 10.6 Å². The van der Waals surface area contributed by atoms with Crippen molar-refractivity contribution in [3.63, 3.8) is 0 Å². The first-order valence-electron chi connectivity index (χ1n) is 12.4. The van der Waals surface area contributed by atoms with Crippen molar-refractivity contribution >= 4 is 34.4 Å². The smallest absolute Gasteiger partial charge is 0.252 e. The van der Waals surface area contributed by atoms with E-state index >= 15 is 0 Å². The monoisotopic (exact) mass is 476 g/mol. The standard InChI is InChI=1S/C27H32N4O4/c1-26(2,3)23(30-22(33)12-16-8-9-16)25(35)31-15-17(13-27(31)14-21(27)32)29-24(34)19-10-11-28-20-7-5-4-6-18(19)20/h4-7,10-11,16-17,23H,8-9,12-15H2,1-3H3,(H,29,34)(H,30,33)/t17-,23-,27?/m1/s1. The molecule has 3 aliphatic rings. The molecule has 35 heavy (non-hydrogen) atoms. The molecular weight excluding hydrogens is 444 g/mol. The lowest BCUT2D eigenvalue weighted by atomic mass is 9.85. The molecule has 3 fully saturated rings. The van der Waals surface area contributed by atoms with Crippen molar-refractivity contribution in [2.24, 2.45) is 11.3 Å². The third-order valence-electron chi connectivity index (χ3n) is 7.43. The number of hydrogen-bond acceptors (Lipinski definition) is 5. The van der Waals surface area contributed by atoms with Gasteiger partial charge in [-0.05, 0) is 36.3 Å². The van der Waals surface area contributed by atoms with Crippen LogP contribution in [0.15, 0.2) is 36.5 Å². The van der Waals surface area contributed by atoms with Crippen LogP contribution in [0, 0.1) is 11.3 Å². The molecule has 2 saturated carbocycles. The van der Waals surface area contributed by atoms with Gasteiger partial charge in [0, 0.05) is 43.4 Å². The number of carbonyl (C=O) groups excluding carboxylic acids is 4. The van der Waals surface area contributed by atoms with Crippen LogP contribution in [0.1, 0.15) is 63.2 Å². The van der Waals surface area contributed by atoms with Crippen LogP contribution in [0.3, 0.4) is 0 Å². The van der Waals surface area contributed by atoms with Gasteiger partial charge in [-0.1, -0.05) is 39.0 Å². The maximum Gasteiger partial charge on any atom is 0.252 e. The molecular formula is C27H32N4O4. The largest absolute Gasteiger partial charge is 0.347 e. The van der Waals surface area contributed by atoms with Crippen molar-refractivity contribution in [3.8, 4) is 0 Å². The number of likely N-dealkylation sites (tertiary alicyclic amines) is 1. The van der Waals surface area contributed by atoms with Gasteiger partial charge in [0.1, 0.15) is 11.6 Å². The molecule has 2 heterocycles. The van der Waals surface area contributed by atoms with E-state index in [1.54, 1.807) is 17.2 Å². The minimum atomic E-state index is -0.875. The van der Waals surface area contributed by atoms with Crippen LogP contribution in [0.2, 0.25) is 0 Å². The number of nitrogens with zero attached hydrogens (tertiary/aromatic N) is 2.